The van der Waals surface area contributed by atoms with Crippen LogP contribution in [0, 0.1) is 11.8 Å². The molecule has 12 heavy (non-hydrogen) atoms. The van der Waals surface area contributed by atoms with Crippen molar-refractivity contribution in [2.45, 2.75) is 38.2 Å². The Bertz CT molecular complexity index is 139. The van der Waals surface area contributed by atoms with Gasteiger partial charge in [-0.05, 0) is 44.2 Å². The van der Waals surface area contributed by atoms with Gasteiger partial charge in [0.2, 0.25) is 0 Å². The standard InChI is InChI=1S/C10H19NO/c12-10(5-8-6-11-7-8)9-3-1-2-4-9/h8-12H,1-7H2. The molecule has 1 heterocycles. The van der Waals surface area contributed by atoms with Gasteiger partial charge in [0, 0.05) is 0 Å². The van der Waals surface area contributed by atoms with Crippen molar-refractivity contribution in [2.24, 2.45) is 11.8 Å². The maximum absolute atomic E-state index is 9.86. The van der Waals surface area contributed by atoms with Crippen LogP contribution >= 0.6 is 0 Å². The first-order chi connectivity index (χ1) is 5.86. The van der Waals surface area contributed by atoms with E-state index in [-0.39, 0.29) is 6.10 Å². The lowest BCUT2D eigenvalue weighted by atomic mass is 9.89. The molecule has 2 rings (SSSR count). The van der Waals surface area contributed by atoms with Gasteiger partial charge in [-0.3, -0.25) is 0 Å². The Morgan fingerprint density at radius 2 is 1.92 bits per heavy atom. The molecular formula is C10H19NO. The summed E-state index contributed by atoms with van der Waals surface area (Å²) in [4.78, 5) is 0. The molecule has 1 aliphatic carbocycles. The maximum atomic E-state index is 9.86. The first-order valence-corrected chi connectivity index (χ1v) is 5.25. The number of aliphatic hydroxyl groups excluding tert-OH is 1. The predicted molar refractivity (Wildman–Crippen MR) is 48.9 cm³/mol. The monoisotopic (exact) mass is 169 g/mol. The first kappa shape index (κ1) is 8.52. The molecule has 0 aromatic rings. The third kappa shape index (κ3) is 1.80. The van der Waals surface area contributed by atoms with Crippen molar-refractivity contribution >= 4 is 0 Å². The largest absolute Gasteiger partial charge is 0.393 e. The Morgan fingerprint density at radius 3 is 2.42 bits per heavy atom. The maximum Gasteiger partial charge on any atom is 0.0572 e. The Hall–Kier alpha value is -0.0800. The summed E-state index contributed by atoms with van der Waals surface area (Å²) in [7, 11) is 0. The summed E-state index contributed by atoms with van der Waals surface area (Å²) in [5, 5.41) is 13.1. The van der Waals surface area contributed by atoms with E-state index in [4.69, 9.17) is 0 Å². The van der Waals surface area contributed by atoms with Crippen LogP contribution in [0.4, 0.5) is 0 Å². The average Bonchev–Trinajstić information content (AvgIpc) is 2.47. The third-order valence-electron chi connectivity index (χ3n) is 3.38. The molecule has 2 N–H and O–H groups in total. The fourth-order valence-corrected chi connectivity index (χ4v) is 2.39. The highest BCUT2D eigenvalue weighted by Crippen LogP contribution is 2.30. The van der Waals surface area contributed by atoms with Gasteiger partial charge < -0.3 is 10.4 Å². The molecule has 0 aromatic carbocycles. The van der Waals surface area contributed by atoms with E-state index < -0.39 is 0 Å². The van der Waals surface area contributed by atoms with Crippen molar-refractivity contribution in [1.82, 2.24) is 5.32 Å². The average molecular weight is 169 g/mol. The lowest BCUT2D eigenvalue weighted by Crippen LogP contribution is -2.44. The van der Waals surface area contributed by atoms with Gasteiger partial charge in [0.25, 0.3) is 0 Å². The summed E-state index contributed by atoms with van der Waals surface area (Å²) in [5.41, 5.74) is 0. The van der Waals surface area contributed by atoms with Crippen LogP contribution in [-0.4, -0.2) is 24.3 Å². The molecule has 0 aromatic heterocycles. The van der Waals surface area contributed by atoms with Crippen LogP contribution in [0.1, 0.15) is 32.1 Å². The Kier molecular flexibility index (Phi) is 2.66. The van der Waals surface area contributed by atoms with E-state index in [1.807, 2.05) is 0 Å². The molecule has 2 nitrogen and oxygen atoms in total. The van der Waals surface area contributed by atoms with Gasteiger partial charge in [0.15, 0.2) is 0 Å². The molecule has 1 saturated heterocycles. The quantitative estimate of drug-likeness (QED) is 0.664. The minimum atomic E-state index is -0.000370. The Morgan fingerprint density at radius 1 is 1.25 bits per heavy atom. The van der Waals surface area contributed by atoms with E-state index in [9.17, 15) is 5.11 Å². The van der Waals surface area contributed by atoms with E-state index in [0.29, 0.717) is 5.92 Å². The number of aliphatic hydroxyl groups is 1. The van der Waals surface area contributed by atoms with Crippen LogP contribution in [0.2, 0.25) is 0 Å². The summed E-state index contributed by atoms with van der Waals surface area (Å²) in [6.45, 7) is 2.26. The molecule has 1 unspecified atom stereocenters. The summed E-state index contributed by atoms with van der Waals surface area (Å²) >= 11 is 0. The van der Waals surface area contributed by atoms with Crippen LogP contribution < -0.4 is 5.32 Å². The van der Waals surface area contributed by atoms with Gasteiger partial charge in [-0.15, -0.1) is 0 Å². The molecule has 2 aliphatic rings. The van der Waals surface area contributed by atoms with Crippen LogP contribution in [0.25, 0.3) is 0 Å². The molecule has 70 valence electrons. The topological polar surface area (TPSA) is 32.3 Å². The second kappa shape index (κ2) is 3.75. The lowest BCUT2D eigenvalue weighted by molar-refractivity contribution is 0.0737. The van der Waals surface area contributed by atoms with Crippen molar-refractivity contribution in [1.29, 1.82) is 0 Å². The van der Waals surface area contributed by atoms with Crippen molar-refractivity contribution in [3.05, 3.63) is 0 Å². The van der Waals surface area contributed by atoms with E-state index in [0.717, 1.165) is 25.4 Å². The Labute approximate surface area is 74.4 Å². The SMILES string of the molecule is OC(CC1CNC1)C1CCCC1. The fraction of sp³-hybridized carbons (Fsp3) is 1.00. The zero-order chi connectivity index (χ0) is 8.39. The number of rotatable bonds is 3. The molecule has 1 aliphatic heterocycles. The summed E-state index contributed by atoms with van der Waals surface area (Å²) < 4.78 is 0. The van der Waals surface area contributed by atoms with Crippen molar-refractivity contribution in [3.8, 4) is 0 Å². The molecule has 0 amide bonds. The van der Waals surface area contributed by atoms with Crippen LogP contribution in [0.15, 0.2) is 0 Å². The fourth-order valence-electron chi connectivity index (χ4n) is 2.39. The Balaban J connectivity index is 1.71. The summed E-state index contributed by atoms with van der Waals surface area (Å²) in [6, 6.07) is 0. The lowest BCUT2D eigenvalue weighted by Gasteiger charge is -2.30. The van der Waals surface area contributed by atoms with Crippen molar-refractivity contribution in [3.63, 3.8) is 0 Å². The highest BCUT2D eigenvalue weighted by molar-refractivity contribution is 4.82. The molecule has 1 saturated carbocycles. The van der Waals surface area contributed by atoms with Gasteiger partial charge in [-0.25, -0.2) is 0 Å². The third-order valence-corrected chi connectivity index (χ3v) is 3.38. The van der Waals surface area contributed by atoms with E-state index in [1.54, 1.807) is 0 Å². The normalized spacial score (nSPS) is 28.8. The number of hydrogen-bond donors (Lipinski definition) is 2. The number of nitrogens with one attached hydrogen (secondary N) is 1. The minimum Gasteiger partial charge on any atom is -0.393 e. The van der Waals surface area contributed by atoms with Crippen LogP contribution in [0.3, 0.4) is 0 Å². The van der Waals surface area contributed by atoms with Crippen LogP contribution in [0.5, 0.6) is 0 Å². The summed E-state index contributed by atoms with van der Waals surface area (Å²) in [5.74, 6) is 1.39. The zero-order valence-corrected chi connectivity index (χ0v) is 7.63. The van der Waals surface area contributed by atoms with Crippen molar-refractivity contribution < 1.29 is 5.11 Å². The van der Waals surface area contributed by atoms with Crippen LogP contribution in [-0.2, 0) is 0 Å². The zero-order valence-electron chi connectivity index (χ0n) is 7.63. The minimum absolute atomic E-state index is 0.000370. The molecule has 0 spiro atoms. The molecule has 0 bridgehead atoms. The molecule has 0 radical (unpaired) electrons. The molecular weight excluding hydrogens is 150 g/mol. The molecule has 2 heteroatoms. The van der Waals surface area contributed by atoms with E-state index in [2.05, 4.69) is 5.32 Å². The predicted octanol–water partition coefficient (Wildman–Crippen LogP) is 1.15. The summed E-state index contributed by atoms with van der Waals surface area (Å²) in [6.07, 6.45) is 6.25. The second-order valence-electron chi connectivity index (χ2n) is 4.37. The first-order valence-electron chi connectivity index (χ1n) is 5.25. The van der Waals surface area contributed by atoms with Crippen molar-refractivity contribution in [2.75, 3.05) is 13.1 Å². The second-order valence-corrected chi connectivity index (χ2v) is 4.37. The molecule has 1 atom stereocenters. The van der Waals surface area contributed by atoms with Gasteiger partial charge in [-0.2, -0.15) is 0 Å². The van der Waals surface area contributed by atoms with Gasteiger partial charge >= 0.3 is 0 Å². The highest BCUT2D eigenvalue weighted by atomic mass is 16.3. The number of hydrogen-bond acceptors (Lipinski definition) is 2. The van der Waals surface area contributed by atoms with Gasteiger partial charge in [-0.1, -0.05) is 12.8 Å². The smallest absolute Gasteiger partial charge is 0.0572 e. The highest BCUT2D eigenvalue weighted by Gasteiger charge is 2.27. The van der Waals surface area contributed by atoms with E-state index >= 15 is 0 Å². The van der Waals surface area contributed by atoms with Gasteiger partial charge in [0.05, 0.1) is 6.10 Å². The van der Waals surface area contributed by atoms with E-state index in [1.165, 1.54) is 25.7 Å². The van der Waals surface area contributed by atoms with Gasteiger partial charge in [0.1, 0.15) is 0 Å². The molecule has 2 fully saturated rings.